The monoisotopic (exact) mass is 295 g/mol. The minimum absolute atomic E-state index is 0.000464. The Hall–Kier alpha value is -2.41. The average Bonchev–Trinajstić information content (AvgIpc) is 2.40. The Morgan fingerprint density at radius 3 is 2.60 bits per heavy atom. The molecular weight excluding hydrogens is 286 g/mol. The van der Waals surface area contributed by atoms with Gasteiger partial charge in [-0.25, -0.2) is 4.79 Å². The van der Waals surface area contributed by atoms with Crippen LogP contribution in [-0.4, -0.2) is 33.1 Å². The number of para-hydroxylation sites is 1. The van der Waals surface area contributed by atoms with Crippen LogP contribution in [0.3, 0.4) is 0 Å². The van der Waals surface area contributed by atoms with Crippen LogP contribution in [0, 0.1) is 6.92 Å². The molecule has 1 aromatic heterocycles. The van der Waals surface area contributed by atoms with E-state index in [4.69, 9.17) is 26.2 Å². The molecule has 0 radical (unpaired) electrons. The van der Waals surface area contributed by atoms with Crippen molar-refractivity contribution in [3.05, 3.63) is 34.6 Å². The molecule has 2 aromatic rings. The Balaban J connectivity index is 2.44. The van der Waals surface area contributed by atoms with Crippen molar-refractivity contribution in [2.75, 3.05) is 7.11 Å². The predicted octanol–water partition coefficient (Wildman–Crippen LogP) is 2.33. The first-order valence-corrected chi connectivity index (χ1v) is 5.85. The molecule has 0 saturated carbocycles. The molecule has 104 valence electrons. The molecule has 0 aliphatic rings. The summed E-state index contributed by atoms with van der Waals surface area (Å²) in [6.07, 6.45) is 0. The molecule has 0 aliphatic heterocycles. The fraction of sp³-hybridized carbons (Fsp3) is 0.167. The fourth-order valence-electron chi connectivity index (χ4n) is 1.50. The van der Waals surface area contributed by atoms with Gasteiger partial charge >= 0.3 is 18.0 Å². The number of carboxylic acid groups (broad SMARTS) is 1. The Morgan fingerprint density at radius 2 is 1.95 bits per heavy atom. The number of nitrogens with zero attached hydrogens (tertiary/aromatic N) is 3. The van der Waals surface area contributed by atoms with E-state index in [2.05, 4.69) is 15.0 Å². The van der Waals surface area contributed by atoms with Gasteiger partial charge in [-0.1, -0.05) is 12.1 Å². The van der Waals surface area contributed by atoms with Gasteiger partial charge in [-0.15, -0.1) is 4.98 Å². The van der Waals surface area contributed by atoms with E-state index in [-0.39, 0.29) is 28.6 Å². The van der Waals surface area contributed by atoms with Crippen LogP contribution >= 0.6 is 11.6 Å². The van der Waals surface area contributed by atoms with E-state index in [1.807, 2.05) is 0 Å². The lowest BCUT2D eigenvalue weighted by Gasteiger charge is -2.10. The van der Waals surface area contributed by atoms with Gasteiger partial charge in [0.05, 0.1) is 7.11 Å². The highest BCUT2D eigenvalue weighted by Crippen LogP contribution is 2.28. The number of carboxylic acids is 1. The van der Waals surface area contributed by atoms with Gasteiger partial charge in [0, 0.05) is 0 Å². The summed E-state index contributed by atoms with van der Waals surface area (Å²) in [6.45, 7) is 1.71. The van der Waals surface area contributed by atoms with E-state index in [9.17, 15) is 4.79 Å². The largest absolute Gasteiger partial charge is 0.478 e. The number of benzene rings is 1. The lowest BCUT2D eigenvalue weighted by atomic mass is 10.1. The maximum Gasteiger partial charge on any atom is 0.339 e. The zero-order valence-electron chi connectivity index (χ0n) is 10.6. The van der Waals surface area contributed by atoms with Crippen LogP contribution in [-0.2, 0) is 0 Å². The first kappa shape index (κ1) is 14.0. The SMILES string of the molecule is COc1nc(Cl)nc(Oc2c(C)cccc2C(=O)O)n1. The maximum absolute atomic E-state index is 11.2. The molecule has 1 aromatic carbocycles. The van der Waals surface area contributed by atoms with E-state index in [1.165, 1.54) is 13.2 Å². The molecule has 0 atom stereocenters. The van der Waals surface area contributed by atoms with Gasteiger partial charge in [0.2, 0.25) is 5.28 Å². The second kappa shape index (κ2) is 5.70. The van der Waals surface area contributed by atoms with Gasteiger partial charge in [-0.3, -0.25) is 0 Å². The molecule has 2 rings (SSSR count). The van der Waals surface area contributed by atoms with Crippen LogP contribution in [0.2, 0.25) is 5.28 Å². The number of ether oxygens (including phenoxy) is 2. The quantitative estimate of drug-likeness (QED) is 0.925. The first-order chi connectivity index (χ1) is 9.51. The van der Waals surface area contributed by atoms with Crippen LogP contribution in [0.1, 0.15) is 15.9 Å². The number of halogens is 1. The van der Waals surface area contributed by atoms with E-state index in [0.29, 0.717) is 5.56 Å². The number of aryl methyl sites for hydroxylation is 1. The summed E-state index contributed by atoms with van der Waals surface area (Å²) < 4.78 is 10.3. The van der Waals surface area contributed by atoms with Crippen LogP contribution < -0.4 is 9.47 Å². The molecule has 1 heterocycles. The van der Waals surface area contributed by atoms with Gasteiger partial charge in [0.25, 0.3) is 0 Å². The first-order valence-electron chi connectivity index (χ1n) is 5.47. The number of aromatic nitrogens is 3. The molecule has 1 N–H and O–H groups in total. The lowest BCUT2D eigenvalue weighted by Crippen LogP contribution is -2.04. The lowest BCUT2D eigenvalue weighted by molar-refractivity contribution is 0.0694. The standard InChI is InChI=1S/C12H10ClN3O4/c1-6-4-3-5-7(9(17)18)8(6)20-12-15-10(13)14-11(16-12)19-2/h3-5H,1-2H3,(H,17,18). The fourth-order valence-corrected chi connectivity index (χ4v) is 1.64. The van der Waals surface area contributed by atoms with Crippen LogP contribution in [0.25, 0.3) is 0 Å². The number of carbonyl (C=O) groups is 1. The minimum atomic E-state index is -1.11. The molecule has 8 heteroatoms. The van der Waals surface area contributed by atoms with Crippen molar-refractivity contribution in [3.8, 4) is 17.8 Å². The van der Waals surface area contributed by atoms with E-state index in [1.54, 1.807) is 19.1 Å². The van der Waals surface area contributed by atoms with E-state index >= 15 is 0 Å². The number of aromatic carboxylic acids is 1. The highest BCUT2D eigenvalue weighted by atomic mass is 35.5. The molecule has 0 aliphatic carbocycles. The Bertz CT molecular complexity index is 663. The summed E-state index contributed by atoms with van der Waals surface area (Å²) in [7, 11) is 1.37. The number of hydrogen-bond donors (Lipinski definition) is 1. The Kier molecular flexibility index (Phi) is 3.99. The summed E-state index contributed by atoms with van der Waals surface area (Å²) in [5, 5.41) is 9.03. The minimum Gasteiger partial charge on any atom is -0.478 e. The molecule has 0 spiro atoms. The van der Waals surface area contributed by atoms with Gasteiger partial charge in [-0.05, 0) is 30.2 Å². The summed E-state index contributed by atoms with van der Waals surface area (Å²) in [6, 6.07) is 4.59. The third-order valence-electron chi connectivity index (χ3n) is 2.39. The summed E-state index contributed by atoms with van der Waals surface area (Å²) in [4.78, 5) is 22.5. The van der Waals surface area contributed by atoms with Crippen molar-refractivity contribution in [1.29, 1.82) is 0 Å². The van der Waals surface area contributed by atoms with Gasteiger partial charge in [-0.2, -0.15) is 9.97 Å². The van der Waals surface area contributed by atoms with E-state index < -0.39 is 5.97 Å². The predicted molar refractivity (Wildman–Crippen MR) is 69.6 cm³/mol. The number of rotatable bonds is 4. The summed E-state index contributed by atoms with van der Waals surface area (Å²) in [5.74, 6) is -0.972. The Morgan fingerprint density at radius 1 is 1.25 bits per heavy atom. The van der Waals surface area contributed by atoms with Gasteiger partial charge < -0.3 is 14.6 Å². The normalized spacial score (nSPS) is 10.2. The molecule has 20 heavy (non-hydrogen) atoms. The van der Waals surface area contributed by atoms with Crippen molar-refractivity contribution in [2.45, 2.75) is 6.92 Å². The third kappa shape index (κ3) is 2.94. The van der Waals surface area contributed by atoms with Crippen LogP contribution in [0.4, 0.5) is 0 Å². The smallest absolute Gasteiger partial charge is 0.339 e. The maximum atomic E-state index is 11.2. The van der Waals surface area contributed by atoms with Crippen molar-refractivity contribution < 1.29 is 19.4 Å². The highest BCUT2D eigenvalue weighted by Gasteiger charge is 2.16. The molecule has 0 bridgehead atoms. The second-order valence-corrected chi connectivity index (χ2v) is 4.07. The van der Waals surface area contributed by atoms with Gasteiger partial charge in [0.15, 0.2) is 0 Å². The van der Waals surface area contributed by atoms with Crippen molar-refractivity contribution in [2.24, 2.45) is 0 Å². The van der Waals surface area contributed by atoms with Crippen LogP contribution in [0.15, 0.2) is 18.2 Å². The molecule has 0 fully saturated rings. The zero-order chi connectivity index (χ0) is 14.7. The Labute approximate surface area is 119 Å². The topological polar surface area (TPSA) is 94.4 Å². The zero-order valence-corrected chi connectivity index (χ0v) is 11.4. The molecule has 0 amide bonds. The van der Waals surface area contributed by atoms with Crippen molar-refractivity contribution in [3.63, 3.8) is 0 Å². The van der Waals surface area contributed by atoms with Gasteiger partial charge in [0.1, 0.15) is 11.3 Å². The molecule has 0 unspecified atom stereocenters. The molecular formula is C12H10ClN3O4. The molecule has 7 nitrogen and oxygen atoms in total. The van der Waals surface area contributed by atoms with Crippen LogP contribution in [0.5, 0.6) is 17.8 Å². The summed E-state index contributed by atoms with van der Waals surface area (Å²) >= 11 is 5.70. The molecule has 0 saturated heterocycles. The highest BCUT2D eigenvalue weighted by molar-refractivity contribution is 6.28. The third-order valence-corrected chi connectivity index (χ3v) is 2.55. The average molecular weight is 296 g/mol. The van der Waals surface area contributed by atoms with Crippen molar-refractivity contribution in [1.82, 2.24) is 15.0 Å². The number of methoxy groups -OCH3 is 1. The van der Waals surface area contributed by atoms with Crippen molar-refractivity contribution >= 4 is 17.6 Å². The number of hydrogen-bond acceptors (Lipinski definition) is 6. The second-order valence-electron chi connectivity index (χ2n) is 3.73. The van der Waals surface area contributed by atoms with E-state index in [0.717, 1.165) is 0 Å². The summed E-state index contributed by atoms with van der Waals surface area (Å²) in [5.41, 5.74) is 0.626.